The molecule has 1 fully saturated rings. The van der Waals surface area contributed by atoms with E-state index >= 15 is 0 Å². The molecule has 2 aliphatic rings. The van der Waals surface area contributed by atoms with Gasteiger partial charge in [0.25, 0.3) is 5.91 Å². The number of likely N-dealkylation sites (tertiary alicyclic amines) is 1. The van der Waals surface area contributed by atoms with Crippen LogP contribution in [0.25, 0.3) is 11.4 Å². The second-order valence-corrected chi connectivity index (χ2v) is 10.2. The van der Waals surface area contributed by atoms with Crippen molar-refractivity contribution in [2.75, 3.05) is 32.6 Å². The number of carbonyl (C=O) groups excluding carboxylic acids is 1. The Morgan fingerprint density at radius 3 is 2.38 bits per heavy atom. The van der Waals surface area contributed by atoms with Crippen LogP contribution >= 0.6 is 0 Å². The number of anilines is 2. The summed E-state index contributed by atoms with van der Waals surface area (Å²) in [5.41, 5.74) is 6.35. The van der Waals surface area contributed by atoms with Crippen LogP contribution in [0.5, 0.6) is 0 Å². The van der Waals surface area contributed by atoms with Crippen LogP contribution in [0.2, 0.25) is 0 Å². The molecule has 226 valence electrons. The number of aliphatic carboxylic acids is 1. The zero-order chi connectivity index (χ0) is 30.4. The topological polar surface area (TPSA) is 126 Å². The van der Waals surface area contributed by atoms with Crippen LogP contribution in [-0.4, -0.2) is 80.1 Å². The van der Waals surface area contributed by atoms with Crippen LogP contribution in [0.4, 0.5) is 24.8 Å². The second kappa shape index (κ2) is 13.3. The minimum Gasteiger partial charge on any atom is -0.475 e. The van der Waals surface area contributed by atoms with Crippen LogP contribution in [0.3, 0.4) is 0 Å². The van der Waals surface area contributed by atoms with E-state index in [1.165, 1.54) is 50.1 Å². The van der Waals surface area contributed by atoms with Gasteiger partial charge in [-0.1, -0.05) is 18.6 Å². The highest BCUT2D eigenvalue weighted by molar-refractivity contribution is 5.95. The van der Waals surface area contributed by atoms with Gasteiger partial charge in [0.15, 0.2) is 5.69 Å². The molecule has 14 heteroatoms. The predicted octanol–water partition coefficient (Wildman–Crippen LogP) is 4.36. The van der Waals surface area contributed by atoms with E-state index in [0.717, 1.165) is 54.0 Å². The molecule has 1 aliphatic heterocycles. The molecule has 1 aromatic carbocycles. The van der Waals surface area contributed by atoms with Gasteiger partial charge in [-0.05, 0) is 68.5 Å². The van der Waals surface area contributed by atoms with Gasteiger partial charge < -0.3 is 10.4 Å². The van der Waals surface area contributed by atoms with E-state index in [1.807, 2.05) is 13.2 Å². The first-order valence-electron chi connectivity index (χ1n) is 13.6. The number of benzene rings is 1. The van der Waals surface area contributed by atoms with Gasteiger partial charge in [0.05, 0.1) is 18.5 Å². The molecule has 1 aliphatic carbocycles. The van der Waals surface area contributed by atoms with Crippen molar-refractivity contribution in [2.45, 2.75) is 51.2 Å². The number of aromatic nitrogens is 4. The maximum absolute atomic E-state index is 12.8. The molecule has 11 nitrogen and oxygen atoms in total. The Bertz CT molecular complexity index is 1400. The molecule has 0 bridgehead atoms. The molecule has 3 heterocycles. The Morgan fingerprint density at radius 2 is 1.76 bits per heavy atom. The van der Waals surface area contributed by atoms with Gasteiger partial charge in [-0.25, -0.2) is 19.8 Å². The number of hydrogen-bond acceptors (Lipinski definition) is 8. The lowest BCUT2D eigenvalue weighted by Gasteiger charge is -2.26. The first-order chi connectivity index (χ1) is 20.0. The standard InChI is InChI=1S/C26H33N7O2.C2HF3O2/c1-31-24-21(23(30-31)25(34)32(2)35-3)9-7-8-19-16-27-26(29-22(19)24)28-20-12-10-18(11-13-20)17-33-14-5-4-6-15-33;3-2(4,5)1(6)7/h10-13,16H,4-9,14-15,17H2,1-3H3,(H,27,28,29);(H,6,7). The van der Waals surface area contributed by atoms with Gasteiger partial charge in [-0.2, -0.15) is 18.3 Å². The third-order valence-corrected chi connectivity index (χ3v) is 7.18. The van der Waals surface area contributed by atoms with Gasteiger partial charge in [-0.15, -0.1) is 0 Å². The maximum Gasteiger partial charge on any atom is 0.490 e. The number of nitrogens with one attached hydrogen (secondary N) is 1. The van der Waals surface area contributed by atoms with E-state index in [9.17, 15) is 18.0 Å². The number of piperidine rings is 1. The summed E-state index contributed by atoms with van der Waals surface area (Å²) in [6.45, 7) is 3.38. The van der Waals surface area contributed by atoms with E-state index in [-0.39, 0.29) is 5.91 Å². The molecule has 0 unspecified atom stereocenters. The highest BCUT2D eigenvalue weighted by Gasteiger charge is 2.38. The normalized spacial score (nSPS) is 15.0. The van der Waals surface area contributed by atoms with E-state index in [1.54, 1.807) is 11.7 Å². The SMILES string of the molecule is CON(C)C(=O)c1nn(C)c2c1CCCc1cnc(Nc3ccc(CN4CCCCC4)cc3)nc1-2.O=C(O)C(F)(F)F. The van der Waals surface area contributed by atoms with Crippen molar-refractivity contribution in [3.8, 4) is 11.4 Å². The van der Waals surface area contributed by atoms with Crippen LogP contribution in [0.1, 0.15) is 52.9 Å². The smallest absolute Gasteiger partial charge is 0.475 e. The first kappa shape index (κ1) is 30.9. The molecule has 0 spiro atoms. The maximum atomic E-state index is 12.8. The van der Waals surface area contributed by atoms with Crippen LogP contribution in [0.15, 0.2) is 30.5 Å². The van der Waals surface area contributed by atoms with Crippen LogP contribution < -0.4 is 5.32 Å². The summed E-state index contributed by atoms with van der Waals surface area (Å²) >= 11 is 0. The summed E-state index contributed by atoms with van der Waals surface area (Å²) in [6, 6.07) is 8.51. The number of alkyl halides is 3. The Hall–Kier alpha value is -4.04. The molecule has 1 saturated heterocycles. The summed E-state index contributed by atoms with van der Waals surface area (Å²) < 4.78 is 33.5. The van der Waals surface area contributed by atoms with Crippen molar-refractivity contribution in [3.05, 3.63) is 52.8 Å². The molecule has 5 rings (SSSR count). The number of carboxylic acids is 1. The largest absolute Gasteiger partial charge is 0.490 e. The Morgan fingerprint density at radius 1 is 1.10 bits per heavy atom. The molecule has 0 saturated carbocycles. The van der Waals surface area contributed by atoms with E-state index in [4.69, 9.17) is 19.7 Å². The van der Waals surface area contributed by atoms with Gasteiger partial charge in [0.2, 0.25) is 5.95 Å². The van der Waals surface area contributed by atoms with Gasteiger partial charge in [0.1, 0.15) is 0 Å². The summed E-state index contributed by atoms with van der Waals surface area (Å²) in [4.78, 5) is 38.8. The number of fused-ring (bicyclic) bond motifs is 3. The molecule has 1 amide bonds. The average Bonchev–Trinajstić information content (AvgIpc) is 3.17. The summed E-state index contributed by atoms with van der Waals surface area (Å²) in [7, 11) is 4.92. The van der Waals surface area contributed by atoms with Crippen molar-refractivity contribution < 1.29 is 32.7 Å². The first-order valence-corrected chi connectivity index (χ1v) is 13.6. The number of halogens is 3. The van der Waals surface area contributed by atoms with Crippen molar-refractivity contribution >= 4 is 23.5 Å². The molecule has 0 atom stereocenters. The lowest BCUT2D eigenvalue weighted by Crippen LogP contribution is -2.29. The molecule has 0 radical (unpaired) electrons. The fourth-order valence-electron chi connectivity index (χ4n) is 5.01. The number of carbonyl (C=O) groups is 2. The van der Waals surface area contributed by atoms with Gasteiger partial charge in [0, 0.05) is 38.1 Å². The fraction of sp³-hybridized carbons (Fsp3) is 0.464. The molecular weight excluding hydrogens is 555 g/mol. The number of rotatable bonds is 6. The highest BCUT2D eigenvalue weighted by Crippen LogP contribution is 2.34. The fourth-order valence-corrected chi connectivity index (χ4v) is 5.01. The van der Waals surface area contributed by atoms with Crippen molar-refractivity contribution in [1.82, 2.24) is 29.7 Å². The third kappa shape index (κ3) is 7.42. The number of hydrogen-bond donors (Lipinski definition) is 2. The molecule has 2 aromatic heterocycles. The highest BCUT2D eigenvalue weighted by atomic mass is 19.4. The minimum absolute atomic E-state index is 0.259. The van der Waals surface area contributed by atoms with Crippen LogP contribution in [0, 0.1) is 0 Å². The molecular formula is C28H34F3N7O4. The zero-order valence-electron chi connectivity index (χ0n) is 23.7. The summed E-state index contributed by atoms with van der Waals surface area (Å²) in [5, 5.41) is 16.2. The number of hydroxylamine groups is 2. The Balaban J connectivity index is 0.000000517. The van der Waals surface area contributed by atoms with Crippen molar-refractivity contribution in [3.63, 3.8) is 0 Å². The quantitative estimate of drug-likeness (QED) is 0.404. The molecule has 42 heavy (non-hydrogen) atoms. The summed E-state index contributed by atoms with van der Waals surface area (Å²) in [6.07, 6.45) is 3.25. The number of carboxylic acid groups (broad SMARTS) is 1. The average molecular weight is 590 g/mol. The van der Waals surface area contributed by atoms with Gasteiger partial charge >= 0.3 is 12.1 Å². The number of aryl methyl sites for hydroxylation is 2. The minimum atomic E-state index is -5.08. The second-order valence-electron chi connectivity index (χ2n) is 10.2. The number of amides is 1. The zero-order valence-corrected chi connectivity index (χ0v) is 23.7. The monoisotopic (exact) mass is 589 g/mol. The Kier molecular flexibility index (Phi) is 9.78. The van der Waals surface area contributed by atoms with Crippen molar-refractivity contribution in [2.24, 2.45) is 7.05 Å². The van der Waals surface area contributed by atoms with Crippen molar-refractivity contribution in [1.29, 1.82) is 0 Å². The Labute approximate surface area is 241 Å². The van der Waals surface area contributed by atoms with Gasteiger partial charge in [-0.3, -0.25) is 19.2 Å². The van der Waals surface area contributed by atoms with E-state index < -0.39 is 12.1 Å². The van der Waals surface area contributed by atoms with Crippen LogP contribution in [-0.2, 0) is 36.1 Å². The molecule has 3 aromatic rings. The van der Waals surface area contributed by atoms with E-state index in [0.29, 0.717) is 11.6 Å². The number of nitrogens with zero attached hydrogens (tertiary/aromatic N) is 6. The lowest BCUT2D eigenvalue weighted by molar-refractivity contribution is -0.192. The lowest BCUT2D eigenvalue weighted by atomic mass is 10.1. The summed E-state index contributed by atoms with van der Waals surface area (Å²) in [5.74, 6) is -2.49. The molecule has 2 N–H and O–H groups in total. The third-order valence-electron chi connectivity index (χ3n) is 7.18. The van der Waals surface area contributed by atoms with E-state index in [2.05, 4.69) is 44.6 Å². The predicted molar refractivity (Wildman–Crippen MR) is 148 cm³/mol.